The monoisotopic (exact) mass is 300 g/mol. The Hall–Kier alpha value is -1.64. The van der Waals surface area contributed by atoms with Crippen LogP contribution >= 0.6 is 0 Å². The highest BCUT2D eigenvalue weighted by Crippen LogP contribution is 2.40. The molecule has 0 fully saturated rings. The summed E-state index contributed by atoms with van der Waals surface area (Å²) in [5, 5.41) is 0. The third-order valence-electron chi connectivity index (χ3n) is 4.21. The van der Waals surface area contributed by atoms with E-state index >= 15 is 0 Å². The van der Waals surface area contributed by atoms with E-state index in [1.165, 1.54) is 0 Å². The van der Waals surface area contributed by atoms with Gasteiger partial charge in [-0.25, -0.2) is 0 Å². The van der Waals surface area contributed by atoms with Gasteiger partial charge in [0.05, 0.1) is 0 Å². The van der Waals surface area contributed by atoms with E-state index < -0.39 is 5.54 Å². The summed E-state index contributed by atoms with van der Waals surface area (Å²) >= 11 is 0. The van der Waals surface area contributed by atoms with Gasteiger partial charge in [0.2, 0.25) is 0 Å². The van der Waals surface area contributed by atoms with Gasteiger partial charge in [0, 0.05) is 24.2 Å². The van der Waals surface area contributed by atoms with Crippen LogP contribution in [-0.4, -0.2) is 29.1 Å². The van der Waals surface area contributed by atoms with Crippen molar-refractivity contribution in [3.05, 3.63) is 75.9 Å². The Balaban J connectivity index is 6.18. The topological polar surface area (TPSA) is 29.3 Å². The molecule has 0 amide bonds. The highest BCUT2D eigenvalue weighted by molar-refractivity contribution is 5.18. The van der Waals surface area contributed by atoms with Crippen LogP contribution in [0.2, 0.25) is 0 Å². The molecule has 2 heteroatoms. The Morgan fingerprint density at radius 3 is 1.27 bits per heavy atom. The highest BCUT2D eigenvalue weighted by Gasteiger charge is 2.48. The van der Waals surface area contributed by atoms with Crippen molar-refractivity contribution >= 4 is 0 Å². The van der Waals surface area contributed by atoms with Gasteiger partial charge in [0.1, 0.15) is 0 Å². The molecular weight excluding hydrogens is 268 g/mol. The van der Waals surface area contributed by atoms with Gasteiger partial charge in [-0.05, 0) is 25.7 Å². The molecule has 2 N–H and O–H groups in total. The molecule has 0 aromatic heterocycles. The van der Waals surface area contributed by atoms with Gasteiger partial charge >= 0.3 is 0 Å². The van der Waals surface area contributed by atoms with Crippen LogP contribution in [0.5, 0.6) is 0 Å². The second kappa shape index (κ2) is 10.1. The molecule has 0 rings (SSSR count). The normalized spacial score (nSPS) is 11.7. The van der Waals surface area contributed by atoms with Gasteiger partial charge in [0.15, 0.2) is 0 Å². The molecule has 0 saturated heterocycles. The van der Waals surface area contributed by atoms with Crippen LogP contribution in [-0.2, 0) is 0 Å². The fourth-order valence-corrected chi connectivity index (χ4v) is 3.25. The van der Waals surface area contributed by atoms with Crippen molar-refractivity contribution in [3.63, 3.8) is 0 Å². The molecule has 0 heterocycles. The zero-order valence-corrected chi connectivity index (χ0v) is 14.0. The Bertz CT molecular complexity index is 376. The predicted molar refractivity (Wildman–Crippen MR) is 101 cm³/mol. The molecule has 0 radical (unpaired) electrons. The lowest BCUT2D eigenvalue weighted by atomic mass is 9.67. The molecule has 0 saturated carbocycles. The van der Waals surface area contributed by atoms with Crippen molar-refractivity contribution in [1.29, 1.82) is 0 Å². The van der Waals surface area contributed by atoms with Crippen molar-refractivity contribution in [3.8, 4) is 0 Å². The molecule has 122 valence electrons. The molecule has 0 bridgehead atoms. The lowest BCUT2D eigenvalue weighted by Gasteiger charge is -2.54. The second-order valence-corrected chi connectivity index (χ2v) is 5.64. The van der Waals surface area contributed by atoms with Gasteiger partial charge < -0.3 is 5.73 Å². The van der Waals surface area contributed by atoms with Crippen molar-refractivity contribution in [2.75, 3.05) is 13.1 Å². The van der Waals surface area contributed by atoms with Crippen LogP contribution in [0.3, 0.4) is 0 Å². The van der Waals surface area contributed by atoms with Crippen LogP contribution in [0.4, 0.5) is 0 Å². The maximum atomic E-state index is 6.88. The molecular formula is C20H32N2. The maximum Gasteiger partial charge on any atom is 0.0469 e. The van der Waals surface area contributed by atoms with Crippen LogP contribution in [0.1, 0.15) is 25.7 Å². The minimum Gasteiger partial charge on any atom is -0.323 e. The average Bonchev–Trinajstić information content (AvgIpc) is 2.47. The molecule has 0 spiro atoms. The standard InChI is InChI=1S/C20H32N2/c1-7-13-19(21,14-8-2)20(15-9-3,16-10-4)22(17-11-5)18-12-6/h7-12H,1-6,13-18,21H2. The number of hydrogen-bond acceptors (Lipinski definition) is 2. The van der Waals surface area contributed by atoms with Crippen LogP contribution < -0.4 is 5.73 Å². The van der Waals surface area contributed by atoms with E-state index in [9.17, 15) is 0 Å². The lowest BCUT2D eigenvalue weighted by molar-refractivity contribution is 0.0351. The van der Waals surface area contributed by atoms with E-state index in [0.717, 1.165) is 25.9 Å². The van der Waals surface area contributed by atoms with Gasteiger partial charge in [-0.1, -0.05) is 36.5 Å². The minimum atomic E-state index is -0.509. The number of rotatable bonds is 14. The molecule has 2 nitrogen and oxygen atoms in total. The van der Waals surface area contributed by atoms with Crippen molar-refractivity contribution in [2.45, 2.75) is 36.8 Å². The van der Waals surface area contributed by atoms with E-state index in [-0.39, 0.29) is 5.54 Å². The highest BCUT2D eigenvalue weighted by atomic mass is 15.2. The summed E-state index contributed by atoms with van der Waals surface area (Å²) in [6.07, 6.45) is 14.3. The van der Waals surface area contributed by atoms with E-state index in [2.05, 4.69) is 44.4 Å². The van der Waals surface area contributed by atoms with Crippen molar-refractivity contribution < 1.29 is 0 Å². The molecule has 0 unspecified atom stereocenters. The first-order chi connectivity index (χ1) is 10.5. The Morgan fingerprint density at radius 1 is 0.636 bits per heavy atom. The van der Waals surface area contributed by atoms with Gasteiger partial charge in [-0.15, -0.1) is 39.5 Å². The summed E-state index contributed by atoms with van der Waals surface area (Å²) in [6, 6.07) is 0. The van der Waals surface area contributed by atoms with E-state index in [1.54, 1.807) is 0 Å². The Labute approximate surface area is 137 Å². The molecule has 0 aromatic carbocycles. The minimum absolute atomic E-state index is 0.332. The fourth-order valence-electron chi connectivity index (χ4n) is 3.25. The summed E-state index contributed by atoms with van der Waals surface area (Å²) < 4.78 is 0. The molecule has 0 aromatic rings. The summed E-state index contributed by atoms with van der Waals surface area (Å²) in [6.45, 7) is 24.9. The van der Waals surface area contributed by atoms with E-state index in [0.29, 0.717) is 12.8 Å². The second-order valence-electron chi connectivity index (χ2n) is 5.64. The van der Waals surface area contributed by atoms with Gasteiger partial charge in [-0.3, -0.25) is 4.90 Å². The summed E-state index contributed by atoms with van der Waals surface area (Å²) in [4.78, 5) is 2.31. The van der Waals surface area contributed by atoms with E-state index in [4.69, 9.17) is 5.73 Å². The lowest BCUT2D eigenvalue weighted by Crippen LogP contribution is -2.68. The zero-order chi connectivity index (χ0) is 17.1. The molecule has 0 aliphatic carbocycles. The van der Waals surface area contributed by atoms with Gasteiger partial charge in [-0.2, -0.15) is 0 Å². The largest absolute Gasteiger partial charge is 0.323 e. The number of nitrogens with zero attached hydrogens (tertiary/aromatic N) is 1. The van der Waals surface area contributed by atoms with Crippen LogP contribution in [0.25, 0.3) is 0 Å². The Morgan fingerprint density at radius 2 is 1.00 bits per heavy atom. The first-order valence-electron chi connectivity index (χ1n) is 7.71. The van der Waals surface area contributed by atoms with Crippen LogP contribution in [0.15, 0.2) is 75.9 Å². The number of hydrogen-bond donors (Lipinski definition) is 1. The van der Waals surface area contributed by atoms with Crippen LogP contribution in [0, 0.1) is 0 Å². The Kier molecular flexibility index (Phi) is 9.39. The third-order valence-corrected chi connectivity index (χ3v) is 4.21. The smallest absolute Gasteiger partial charge is 0.0469 e. The van der Waals surface area contributed by atoms with Crippen molar-refractivity contribution in [2.24, 2.45) is 5.73 Å². The maximum absolute atomic E-state index is 6.88. The molecule has 0 aliphatic heterocycles. The summed E-state index contributed by atoms with van der Waals surface area (Å²) in [5.41, 5.74) is 6.04. The summed E-state index contributed by atoms with van der Waals surface area (Å²) in [7, 11) is 0. The quantitative estimate of drug-likeness (QED) is 0.482. The van der Waals surface area contributed by atoms with E-state index in [1.807, 2.05) is 36.5 Å². The first kappa shape index (κ1) is 20.4. The SMILES string of the molecule is C=CCN(CC=C)C(CC=C)(CC=C)C(N)(CC=C)CC=C. The predicted octanol–water partition coefficient (Wildman–Crippen LogP) is 4.40. The summed E-state index contributed by atoms with van der Waals surface area (Å²) in [5.74, 6) is 0. The zero-order valence-electron chi connectivity index (χ0n) is 14.0. The fraction of sp³-hybridized carbons (Fsp3) is 0.400. The molecule has 0 atom stereocenters. The van der Waals surface area contributed by atoms with Crippen molar-refractivity contribution in [1.82, 2.24) is 4.90 Å². The number of nitrogens with two attached hydrogens (primary N) is 1. The van der Waals surface area contributed by atoms with Gasteiger partial charge in [0.25, 0.3) is 0 Å². The molecule has 0 aliphatic rings. The first-order valence-corrected chi connectivity index (χ1v) is 7.71. The third kappa shape index (κ3) is 4.43. The molecule has 22 heavy (non-hydrogen) atoms. The average molecular weight is 300 g/mol.